The summed E-state index contributed by atoms with van der Waals surface area (Å²) in [5.41, 5.74) is 3.10. The Bertz CT molecular complexity index is 1040. The lowest BCUT2D eigenvalue weighted by Crippen LogP contribution is -2.50. The first-order valence-corrected chi connectivity index (χ1v) is 12.5. The van der Waals surface area contributed by atoms with Gasteiger partial charge in [-0.05, 0) is 61.6 Å². The largest absolute Gasteiger partial charge is 0.496 e. The van der Waals surface area contributed by atoms with Gasteiger partial charge in [-0.3, -0.25) is 9.10 Å². The van der Waals surface area contributed by atoms with Crippen LogP contribution in [0.1, 0.15) is 49.4 Å². The number of methoxy groups -OCH3 is 1. The average molecular weight is 467 g/mol. The first-order valence-electron chi connectivity index (χ1n) is 10.2. The number of carbonyl (C=O) groups excluding carboxylic acids is 1. The van der Waals surface area contributed by atoms with E-state index < -0.39 is 16.1 Å². The lowest BCUT2D eigenvalue weighted by Gasteiger charge is -2.31. The molecule has 0 radical (unpaired) electrons. The number of hydrogen-bond donors (Lipinski definition) is 1. The van der Waals surface area contributed by atoms with Gasteiger partial charge in [-0.15, -0.1) is 0 Å². The molecule has 0 spiro atoms. The number of nitrogens with zero attached hydrogens (tertiary/aromatic N) is 1. The molecule has 31 heavy (non-hydrogen) atoms. The molecule has 6 nitrogen and oxygen atoms in total. The first kappa shape index (κ1) is 25.0. The van der Waals surface area contributed by atoms with Gasteiger partial charge in [0.05, 0.1) is 25.1 Å². The maximum absolute atomic E-state index is 13.3. The lowest BCUT2D eigenvalue weighted by atomic mass is 10.0. The van der Waals surface area contributed by atoms with Crippen molar-refractivity contribution in [1.29, 1.82) is 0 Å². The fourth-order valence-electron chi connectivity index (χ4n) is 3.59. The minimum atomic E-state index is -3.73. The van der Waals surface area contributed by atoms with Crippen molar-refractivity contribution in [3.05, 3.63) is 58.1 Å². The van der Waals surface area contributed by atoms with Gasteiger partial charge in [-0.1, -0.05) is 43.6 Å². The van der Waals surface area contributed by atoms with Gasteiger partial charge in [0.15, 0.2) is 0 Å². The molecule has 170 valence electrons. The van der Waals surface area contributed by atoms with E-state index >= 15 is 0 Å². The number of ether oxygens (including phenoxy) is 1. The van der Waals surface area contributed by atoms with E-state index in [4.69, 9.17) is 16.3 Å². The van der Waals surface area contributed by atoms with Gasteiger partial charge in [0.2, 0.25) is 15.9 Å². The predicted molar refractivity (Wildman–Crippen MR) is 126 cm³/mol. The van der Waals surface area contributed by atoms with Crippen LogP contribution < -0.4 is 14.4 Å². The zero-order chi connectivity index (χ0) is 23.3. The van der Waals surface area contributed by atoms with E-state index in [1.807, 2.05) is 39.0 Å². The predicted octanol–water partition coefficient (Wildman–Crippen LogP) is 4.78. The van der Waals surface area contributed by atoms with Crippen molar-refractivity contribution in [3.63, 3.8) is 0 Å². The van der Waals surface area contributed by atoms with E-state index in [0.29, 0.717) is 23.6 Å². The minimum Gasteiger partial charge on any atom is -0.496 e. The number of hydrogen-bond acceptors (Lipinski definition) is 4. The third-order valence-electron chi connectivity index (χ3n) is 5.29. The Morgan fingerprint density at radius 3 is 2.26 bits per heavy atom. The normalized spacial score (nSPS) is 13.4. The molecule has 0 aliphatic carbocycles. The average Bonchev–Trinajstić information content (AvgIpc) is 2.71. The van der Waals surface area contributed by atoms with Gasteiger partial charge in [-0.25, -0.2) is 8.42 Å². The van der Waals surface area contributed by atoms with E-state index in [-0.39, 0.29) is 11.9 Å². The number of nitrogens with one attached hydrogen (secondary N) is 1. The summed E-state index contributed by atoms with van der Waals surface area (Å²) in [4.78, 5) is 13.3. The van der Waals surface area contributed by atoms with Crippen molar-refractivity contribution < 1.29 is 17.9 Å². The third kappa shape index (κ3) is 5.92. The standard InChI is InChI=1S/C23H31ClN2O4S/c1-7-20(17-10-12-22(30-5)16(4)13-17)25-23(27)21(8-2)26(31(6,28)29)18-11-9-15(3)19(24)14-18/h9-14,20-21H,7-8H2,1-6H3,(H,25,27)/t20-,21-/m1/s1. The maximum atomic E-state index is 13.3. The highest BCUT2D eigenvalue weighted by Crippen LogP contribution is 2.29. The molecule has 8 heteroatoms. The Morgan fingerprint density at radius 1 is 1.10 bits per heavy atom. The van der Waals surface area contributed by atoms with Crippen molar-refractivity contribution in [2.45, 2.75) is 52.6 Å². The molecule has 2 aromatic carbocycles. The Balaban J connectivity index is 2.38. The topological polar surface area (TPSA) is 75.7 Å². The molecule has 0 aromatic heterocycles. The lowest BCUT2D eigenvalue weighted by molar-refractivity contribution is -0.123. The number of amides is 1. The van der Waals surface area contributed by atoms with Crippen LogP contribution in [0.4, 0.5) is 5.69 Å². The Morgan fingerprint density at radius 2 is 1.77 bits per heavy atom. The SMILES string of the molecule is CC[C@H](C(=O)N[C@H](CC)c1ccc(OC)c(C)c1)N(c1ccc(C)c(Cl)c1)S(C)(=O)=O. The number of anilines is 1. The second-order valence-electron chi connectivity index (χ2n) is 7.61. The highest BCUT2D eigenvalue weighted by atomic mass is 35.5. The van der Waals surface area contributed by atoms with Crippen LogP contribution in [0.15, 0.2) is 36.4 Å². The van der Waals surface area contributed by atoms with Crippen molar-refractivity contribution in [2.24, 2.45) is 0 Å². The zero-order valence-electron chi connectivity index (χ0n) is 18.9. The summed E-state index contributed by atoms with van der Waals surface area (Å²) in [6.45, 7) is 7.54. The molecule has 0 saturated carbocycles. The molecule has 2 atom stereocenters. The molecular formula is C23H31ClN2O4S. The maximum Gasteiger partial charge on any atom is 0.244 e. The second-order valence-corrected chi connectivity index (χ2v) is 9.88. The summed E-state index contributed by atoms with van der Waals surface area (Å²) in [6.07, 6.45) is 2.06. The van der Waals surface area contributed by atoms with Crippen LogP contribution in [0, 0.1) is 13.8 Å². The van der Waals surface area contributed by atoms with Gasteiger partial charge < -0.3 is 10.1 Å². The number of rotatable bonds is 9. The van der Waals surface area contributed by atoms with Crippen LogP contribution in [-0.2, 0) is 14.8 Å². The molecule has 0 bridgehead atoms. The second kappa shape index (κ2) is 10.4. The van der Waals surface area contributed by atoms with E-state index in [1.165, 1.54) is 0 Å². The van der Waals surface area contributed by atoms with E-state index in [2.05, 4.69) is 5.32 Å². The molecule has 2 aromatic rings. The molecule has 0 saturated heterocycles. The Kier molecular flexibility index (Phi) is 8.37. The van der Waals surface area contributed by atoms with Crippen molar-refractivity contribution in [1.82, 2.24) is 5.32 Å². The number of benzene rings is 2. The van der Waals surface area contributed by atoms with Crippen LogP contribution in [0.2, 0.25) is 5.02 Å². The van der Waals surface area contributed by atoms with Gasteiger partial charge in [0.1, 0.15) is 11.8 Å². The quantitative estimate of drug-likeness (QED) is 0.577. The molecule has 0 aliphatic rings. The molecule has 2 rings (SSSR count). The summed E-state index contributed by atoms with van der Waals surface area (Å²) in [5, 5.41) is 3.47. The van der Waals surface area contributed by atoms with Crippen LogP contribution in [0.25, 0.3) is 0 Å². The summed E-state index contributed by atoms with van der Waals surface area (Å²) in [7, 11) is -2.11. The summed E-state index contributed by atoms with van der Waals surface area (Å²) >= 11 is 6.23. The van der Waals surface area contributed by atoms with Crippen molar-refractivity contribution >= 4 is 33.2 Å². The number of carbonyl (C=O) groups is 1. The highest BCUT2D eigenvalue weighted by molar-refractivity contribution is 7.92. The molecular weight excluding hydrogens is 436 g/mol. The Hall–Kier alpha value is -2.25. The molecule has 1 N–H and O–H groups in total. The number of aryl methyl sites for hydroxylation is 2. The van der Waals surface area contributed by atoms with Gasteiger partial charge in [0.25, 0.3) is 0 Å². The van der Waals surface area contributed by atoms with E-state index in [9.17, 15) is 13.2 Å². The number of sulfonamides is 1. The fraction of sp³-hybridized carbons (Fsp3) is 0.435. The molecule has 0 unspecified atom stereocenters. The monoisotopic (exact) mass is 466 g/mol. The fourth-order valence-corrected chi connectivity index (χ4v) is 4.96. The summed E-state index contributed by atoms with van der Waals surface area (Å²) in [6, 6.07) is 9.60. The summed E-state index contributed by atoms with van der Waals surface area (Å²) < 4.78 is 31.8. The van der Waals surface area contributed by atoms with E-state index in [1.54, 1.807) is 32.2 Å². The minimum absolute atomic E-state index is 0.255. The van der Waals surface area contributed by atoms with Crippen molar-refractivity contribution in [2.75, 3.05) is 17.7 Å². The number of halogens is 1. The smallest absolute Gasteiger partial charge is 0.244 e. The zero-order valence-corrected chi connectivity index (χ0v) is 20.5. The third-order valence-corrected chi connectivity index (χ3v) is 6.87. The summed E-state index contributed by atoms with van der Waals surface area (Å²) in [5.74, 6) is 0.417. The van der Waals surface area contributed by atoms with Crippen molar-refractivity contribution in [3.8, 4) is 5.75 Å². The van der Waals surface area contributed by atoms with Gasteiger partial charge in [0, 0.05) is 5.02 Å². The first-order chi connectivity index (χ1) is 14.5. The van der Waals surface area contributed by atoms with Crippen LogP contribution >= 0.6 is 11.6 Å². The molecule has 0 heterocycles. The van der Waals surface area contributed by atoms with Crippen LogP contribution in [-0.4, -0.2) is 33.7 Å². The van der Waals surface area contributed by atoms with Gasteiger partial charge in [-0.2, -0.15) is 0 Å². The molecule has 1 amide bonds. The molecule has 0 fully saturated rings. The van der Waals surface area contributed by atoms with E-state index in [0.717, 1.165) is 33.0 Å². The molecule has 0 aliphatic heterocycles. The Labute approximate surface area is 190 Å². The van der Waals surface area contributed by atoms with Gasteiger partial charge >= 0.3 is 0 Å². The van der Waals surface area contributed by atoms with Crippen LogP contribution in [0.5, 0.6) is 5.75 Å². The highest BCUT2D eigenvalue weighted by Gasteiger charge is 2.32. The van der Waals surface area contributed by atoms with Crippen LogP contribution in [0.3, 0.4) is 0 Å².